The summed E-state index contributed by atoms with van der Waals surface area (Å²) in [5.41, 5.74) is -0.904. The highest BCUT2D eigenvalue weighted by atomic mass is 16.7. The summed E-state index contributed by atoms with van der Waals surface area (Å²) in [6.45, 7) is 10.1. The Bertz CT molecular complexity index is 632. The summed E-state index contributed by atoms with van der Waals surface area (Å²) in [7, 11) is 0. The van der Waals surface area contributed by atoms with Gasteiger partial charge in [0.25, 0.3) is 0 Å². The zero-order valence-corrected chi connectivity index (χ0v) is 17.8. The predicted octanol–water partition coefficient (Wildman–Crippen LogP) is 3.47. The van der Waals surface area contributed by atoms with Gasteiger partial charge in [-0.1, -0.05) is 0 Å². The first-order valence-electron chi connectivity index (χ1n) is 10.7. The van der Waals surface area contributed by atoms with Gasteiger partial charge in [-0.15, -0.1) is 0 Å². The lowest BCUT2D eigenvalue weighted by Gasteiger charge is -2.58. The molecule has 0 spiro atoms. The molecule has 3 atom stereocenters. The van der Waals surface area contributed by atoms with Crippen molar-refractivity contribution in [2.24, 2.45) is 28.6 Å². The number of hydrogen-bond acceptors (Lipinski definition) is 6. The molecule has 0 N–H and O–H groups in total. The van der Waals surface area contributed by atoms with E-state index in [2.05, 4.69) is 0 Å². The zero-order valence-electron chi connectivity index (χ0n) is 17.8. The van der Waals surface area contributed by atoms with Gasteiger partial charge < -0.3 is 18.9 Å². The molecule has 4 bridgehead atoms. The highest BCUT2D eigenvalue weighted by Crippen LogP contribution is 2.61. The molecule has 28 heavy (non-hydrogen) atoms. The van der Waals surface area contributed by atoms with Crippen molar-refractivity contribution in [3.63, 3.8) is 0 Å². The monoisotopic (exact) mass is 394 g/mol. The third-order valence-corrected chi connectivity index (χ3v) is 6.94. The van der Waals surface area contributed by atoms with Crippen molar-refractivity contribution >= 4 is 11.9 Å². The molecule has 4 saturated carbocycles. The molecule has 5 fully saturated rings. The summed E-state index contributed by atoms with van der Waals surface area (Å²) < 4.78 is 23.0. The number of carbonyl (C=O) groups excluding carboxylic acids is 2. The summed E-state index contributed by atoms with van der Waals surface area (Å²) in [6, 6.07) is 0. The average Bonchev–Trinajstić information content (AvgIpc) is 2.93. The molecule has 5 aliphatic rings. The Hall–Kier alpha value is -1.14. The van der Waals surface area contributed by atoms with Crippen LogP contribution in [0.5, 0.6) is 0 Å². The first-order valence-corrected chi connectivity index (χ1v) is 10.7. The Morgan fingerprint density at radius 2 is 1.71 bits per heavy atom. The van der Waals surface area contributed by atoms with Gasteiger partial charge in [-0.05, 0) is 84.5 Å². The molecule has 1 heterocycles. The predicted molar refractivity (Wildman–Crippen MR) is 101 cm³/mol. The lowest BCUT2D eigenvalue weighted by molar-refractivity contribution is -0.202. The second-order valence-electron chi connectivity index (χ2n) is 10.9. The average molecular weight is 395 g/mol. The summed E-state index contributed by atoms with van der Waals surface area (Å²) in [5.74, 6) is 0.246. The smallest absolute Gasteiger partial charge is 0.312 e. The topological polar surface area (TPSA) is 71.1 Å². The van der Waals surface area contributed by atoms with Crippen LogP contribution in [0.3, 0.4) is 0 Å². The van der Waals surface area contributed by atoms with Crippen LogP contribution >= 0.6 is 0 Å². The van der Waals surface area contributed by atoms with Gasteiger partial charge in [0.1, 0.15) is 18.8 Å². The fourth-order valence-corrected chi connectivity index (χ4v) is 5.89. The highest BCUT2D eigenvalue weighted by Gasteiger charge is 2.60. The van der Waals surface area contributed by atoms with Crippen molar-refractivity contribution in [1.82, 2.24) is 0 Å². The van der Waals surface area contributed by atoms with E-state index in [-0.39, 0.29) is 42.6 Å². The van der Waals surface area contributed by atoms with Crippen LogP contribution < -0.4 is 0 Å². The third kappa shape index (κ3) is 3.70. The maximum absolute atomic E-state index is 13.1. The zero-order chi connectivity index (χ0) is 20.3. The molecule has 6 heteroatoms. The van der Waals surface area contributed by atoms with Gasteiger partial charge in [-0.3, -0.25) is 9.59 Å². The second kappa shape index (κ2) is 6.69. The molecular weight excluding hydrogens is 360 g/mol. The maximum atomic E-state index is 13.1. The summed E-state index contributed by atoms with van der Waals surface area (Å²) in [5, 5.41) is 0. The van der Waals surface area contributed by atoms with E-state index in [9.17, 15) is 9.59 Å². The van der Waals surface area contributed by atoms with Gasteiger partial charge in [0.05, 0.1) is 17.4 Å². The maximum Gasteiger partial charge on any atom is 0.312 e. The largest absolute Gasteiger partial charge is 0.462 e. The quantitative estimate of drug-likeness (QED) is 0.680. The number of ether oxygens (including phenoxy) is 4. The van der Waals surface area contributed by atoms with Gasteiger partial charge in [-0.2, -0.15) is 0 Å². The van der Waals surface area contributed by atoms with Crippen molar-refractivity contribution in [1.29, 1.82) is 0 Å². The second-order valence-corrected chi connectivity index (χ2v) is 10.9. The van der Waals surface area contributed by atoms with E-state index in [4.69, 9.17) is 18.9 Å². The summed E-state index contributed by atoms with van der Waals surface area (Å²) >= 11 is 0. The van der Waals surface area contributed by atoms with E-state index >= 15 is 0 Å². The Labute approximate surface area is 167 Å². The molecule has 1 aliphatic heterocycles. The van der Waals surface area contributed by atoms with Crippen molar-refractivity contribution in [2.75, 3.05) is 13.2 Å². The number of esters is 2. The van der Waals surface area contributed by atoms with Gasteiger partial charge in [-0.25, -0.2) is 0 Å². The van der Waals surface area contributed by atoms with E-state index in [0.29, 0.717) is 12.5 Å². The fourth-order valence-electron chi connectivity index (χ4n) is 5.89. The van der Waals surface area contributed by atoms with Crippen molar-refractivity contribution in [3.8, 4) is 0 Å². The van der Waals surface area contributed by atoms with Gasteiger partial charge in [0.15, 0.2) is 5.79 Å². The van der Waals surface area contributed by atoms with Crippen molar-refractivity contribution in [3.05, 3.63) is 0 Å². The minimum atomic E-state index is -0.609. The van der Waals surface area contributed by atoms with Crippen LogP contribution in [0.15, 0.2) is 0 Å². The Morgan fingerprint density at radius 1 is 1.07 bits per heavy atom. The third-order valence-electron chi connectivity index (χ3n) is 6.94. The lowest BCUT2D eigenvalue weighted by atomic mass is 9.48. The standard InChI is InChI=1S/C22H34O6/c1-20(2,3)18(23)27-17-14-6-13-7-15(17)10-22(8-13,9-14)19(24)25-11-16-12-26-21(4,5)28-16/h13-17H,6-12H2,1-5H3. The van der Waals surface area contributed by atoms with Crippen molar-refractivity contribution < 1.29 is 28.5 Å². The number of rotatable bonds is 4. The minimum Gasteiger partial charge on any atom is -0.462 e. The van der Waals surface area contributed by atoms with Crippen LogP contribution in [0.1, 0.15) is 66.7 Å². The molecular formula is C22H34O6. The van der Waals surface area contributed by atoms with E-state index in [1.54, 1.807) is 0 Å². The van der Waals surface area contributed by atoms with E-state index in [1.165, 1.54) is 0 Å². The molecule has 5 rings (SSSR count). The summed E-state index contributed by atoms with van der Waals surface area (Å²) in [4.78, 5) is 25.5. The molecule has 158 valence electrons. The van der Waals surface area contributed by atoms with Crippen LogP contribution in [0.2, 0.25) is 0 Å². The van der Waals surface area contributed by atoms with Crippen molar-refractivity contribution in [2.45, 2.75) is 84.7 Å². The Morgan fingerprint density at radius 3 is 2.25 bits per heavy atom. The molecule has 3 unspecified atom stereocenters. The molecule has 1 saturated heterocycles. The summed E-state index contributed by atoms with van der Waals surface area (Å²) in [6.07, 6.45) is 4.32. The molecule has 0 radical (unpaired) electrons. The normalized spacial score (nSPS) is 41.1. The molecule has 0 amide bonds. The van der Waals surface area contributed by atoms with Crippen LogP contribution in [-0.4, -0.2) is 43.1 Å². The first-order chi connectivity index (χ1) is 13.0. The van der Waals surface area contributed by atoms with Crippen LogP contribution in [0.4, 0.5) is 0 Å². The fraction of sp³-hybridized carbons (Fsp3) is 0.909. The number of hydrogen-bond donors (Lipinski definition) is 0. The molecule has 4 aliphatic carbocycles. The van der Waals surface area contributed by atoms with E-state index in [1.807, 2.05) is 34.6 Å². The van der Waals surface area contributed by atoms with E-state index in [0.717, 1.165) is 32.1 Å². The molecule has 0 aromatic heterocycles. The Balaban J connectivity index is 1.39. The molecule has 6 nitrogen and oxygen atoms in total. The minimum absolute atomic E-state index is 0.0448. The van der Waals surface area contributed by atoms with Crippen LogP contribution in [-0.2, 0) is 28.5 Å². The SMILES string of the molecule is CC1(C)OCC(COC(=O)C23CC4CC(C2)C(OC(=O)C(C)(C)C)C(C4)C3)O1. The van der Waals surface area contributed by atoms with E-state index < -0.39 is 16.6 Å². The highest BCUT2D eigenvalue weighted by molar-refractivity contribution is 5.78. The number of carbonyl (C=O) groups is 2. The Kier molecular flexibility index (Phi) is 4.82. The molecule has 0 aromatic rings. The molecule has 0 aromatic carbocycles. The van der Waals surface area contributed by atoms with Gasteiger partial charge in [0, 0.05) is 0 Å². The van der Waals surface area contributed by atoms with Crippen LogP contribution in [0.25, 0.3) is 0 Å². The van der Waals surface area contributed by atoms with Gasteiger partial charge >= 0.3 is 11.9 Å². The van der Waals surface area contributed by atoms with Gasteiger partial charge in [0.2, 0.25) is 0 Å². The first kappa shape index (κ1) is 20.1. The van der Waals surface area contributed by atoms with Crippen LogP contribution in [0, 0.1) is 28.6 Å². The lowest BCUT2D eigenvalue weighted by Crippen LogP contribution is -2.58.